The molecule has 1 atom stereocenters. The number of anilines is 1. The van der Waals surface area contributed by atoms with Crippen LogP contribution in [0.4, 0.5) is 10.5 Å². The lowest BCUT2D eigenvalue weighted by Crippen LogP contribution is -2.32. The number of halogens is 1. The highest BCUT2D eigenvalue weighted by Crippen LogP contribution is 2.38. The van der Waals surface area contributed by atoms with Crippen molar-refractivity contribution < 1.29 is 24.2 Å². The third-order valence-electron chi connectivity index (χ3n) is 5.38. The highest BCUT2D eigenvalue weighted by Gasteiger charge is 2.37. The molecule has 0 fully saturated rings. The molecule has 0 radical (unpaired) electrons. The molecule has 2 heterocycles. The van der Waals surface area contributed by atoms with Crippen LogP contribution < -0.4 is 10.6 Å². The van der Waals surface area contributed by atoms with E-state index in [9.17, 15) is 19.5 Å². The van der Waals surface area contributed by atoms with Crippen LogP contribution in [0, 0.1) is 0 Å². The van der Waals surface area contributed by atoms with Crippen molar-refractivity contribution in [2.45, 2.75) is 45.7 Å². The second-order valence-electron chi connectivity index (χ2n) is 9.31. The third-order valence-corrected chi connectivity index (χ3v) is 6.61. The summed E-state index contributed by atoms with van der Waals surface area (Å²) in [7, 11) is 0. The number of aliphatic hydroxyl groups is 1. The van der Waals surface area contributed by atoms with Crippen molar-refractivity contribution in [1.82, 2.24) is 10.2 Å². The Labute approximate surface area is 217 Å². The van der Waals surface area contributed by atoms with E-state index >= 15 is 0 Å². The van der Waals surface area contributed by atoms with Gasteiger partial charge in [-0.2, -0.15) is 0 Å². The summed E-state index contributed by atoms with van der Waals surface area (Å²) in [4.78, 5) is 39.5. The molecule has 3 N–H and O–H groups in total. The van der Waals surface area contributed by atoms with E-state index in [0.717, 1.165) is 22.5 Å². The summed E-state index contributed by atoms with van der Waals surface area (Å²) in [6.45, 7) is 5.76. The molecule has 0 aliphatic carbocycles. The van der Waals surface area contributed by atoms with Gasteiger partial charge in [0.2, 0.25) is 0 Å². The fraction of sp³-hybridized carbons (Fsp3) is 0.269. The van der Waals surface area contributed by atoms with Crippen LogP contribution in [0.25, 0.3) is 0 Å². The zero-order valence-electron chi connectivity index (χ0n) is 20.0. The van der Waals surface area contributed by atoms with Crippen LogP contribution in [-0.4, -0.2) is 33.5 Å². The summed E-state index contributed by atoms with van der Waals surface area (Å²) in [6.07, 6.45) is -1.76. The van der Waals surface area contributed by atoms with Crippen LogP contribution in [0.1, 0.15) is 63.7 Å². The van der Waals surface area contributed by atoms with Gasteiger partial charge in [0, 0.05) is 29.9 Å². The summed E-state index contributed by atoms with van der Waals surface area (Å²) in [6, 6.07) is 15.5. The Morgan fingerprint density at radius 3 is 2.53 bits per heavy atom. The SMILES string of the molecule is CC(C)(C)OC(=O)NCc1cccc(CN2C(=O)c3cccc(NC(=O)c4ccc(Cl)s4)c3C2O)c1. The number of hydrogen-bond acceptors (Lipinski definition) is 6. The Hall–Kier alpha value is -3.40. The monoisotopic (exact) mass is 527 g/mol. The van der Waals surface area contributed by atoms with Gasteiger partial charge in [-0.15, -0.1) is 11.3 Å². The van der Waals surface area contributed by atoms with Crippen LogP contribution in [0.3, 0.4) is 0 Å². The van der Waals surface area contributed by atoms with Gasteiger partial charge in [-0.05, 0) is 56.2 Å². The topological polar surface area (TPSA) is 108 Å². The second kappa shape index (κ2) is 10.3. The van der Waals surface area contributed by atoms with Crippen molar-refractivity contribution in [2.75, 3.05) is 5.32 Å². The Balaban J connectivity index is 1.47. The van der Waals surface area contributed by atoms with E-state index in [4.69, 9.17) is 16.3 Å². The van der Waals surface area contributed by atoms with E-state index in [1.54, 1.807) is 51.1 Å². The van der Waals surface area contributed by atoms with E-state index in [1.165, 1.54) is 4.90 Å². The molecule has 8 nitrogen and oxygen atoms in total. The molecular formula is C26H26ClN3O5S. The number of rotatable bonds is 6. The quantitative estimate of drug-likeness (QED) is 0.402. The molecule has 1 aliphatic rings. The molecule has 36 heavy (non-hydrogen) atoms. The summed E-state index contributed by atoms with van der Waals surface area (Å²) in [5.74, 6) is -0.714. The molecule has 4 rings (SSSR count). The fourth-order valence-corrected chi connectivity index (χ4v) is 4.80. The van der Waals surface area contributed by atoms with Gasteiger partial charge >= 0.3 is 6.09 Å². The highest BCUT2D eigenvalue weighted by atomic mass is 35.5. The molecule has 1 aromatic heterocycles. The number of amides is 3. The molecule has 188 valence electrons. The number of aliphatic hydroxyl groups excluding tert-OH is 1. The van der Waals surface area contributed by atoms with E-state index in [0.29, 0.717) is 26.0 Å². The Bertz CT molecular complexity index is 1320. The van der Waals surface area contributed by atoms with Gasteiger partial charge in [-0.1, -0.05) is 41.9 Å². The van der Waals surface area contributed by atoms with Crippen LogP contribution >= 0.6 is 22.9 Å². The first-order valence-electron chi connectivity index (χ1n) is 11.2. The van der Waals surface area contributed by atoms with Crippen LogP contribution in [-0.2, 0) is 17.8 Å². The third kappa shape index (κ3) is 5.87. The predicted octanol–water partition coefficient (Wildman–Crippen LogP) is 5.33. The molecular weight excluding hydrogens is 502 g/mol. The number of thiophene rings is 1. The maximum Gasteiger partial charge on any atom is 0.407 e. The first-order valence-corrected chi connectivity index (χ1v) is 12.4. The Kier molecular flexibility index (Phi) is 7.35. The molecule has 2 aromatic carbocycles. The number of ether oxygens (including phenoxy) is 1. The molecule has 1 aliphatic heterocycles. The van der Waals surface area contributed by atoms with Gasteiger partial charge in [0.05, 0.1) is 9.21 Å². The minimum absolute atomic E-state index is 0.142. The number of nitrogens with one attached hydrogen (secondary N) is 2. The number of carbonyl (C=O) groups excluding carboxylic acids is 3. The van der Waals surface area contributed by atoms with Gasteiger partial charge in [-0.25, -0.2) is 4.79 Å². The van der Waals surface area contributed by atoms with Crippen LogP contribution in [0.2, 0.25) is 4.34 Å². The smallest absolute Gasteiger partial charge is 0.407 e. The molecule has 1 unspecified atom stereocenters. The van der Waals surface area contributed by atoms with Crippen molar-refractivity contribution in [3.63, 3.8) is 0 Å². The lowest BCUT2D eigenvalue weighted by Gasteiger charge is -2.22. The van der Waals surface area contributed by atoms with Gasteiger partial charge < -0.3 is 25.4 Å². The minimum Gasteiger partial charge on any atom is -0.444 e. The van der Waals surface area contributed by atoms with E-state index in [1.807, 2.05) is 24.3 Å². The molecule has 3 amide bonds. The first-order chi connectivity index (χ1) is 17.0. The zero-order chi connectivity index (χ0) is 26.0. The van der Waals surface area contributed by atoms with Crippen LogP contribution in [0.5, 0.6) is 0 Å². The molecule has 10 heteroatoms. The maximum atomic E-state index is 13.1. The maximum absolute atomic E-state index is 13.1. The van der Waals surface area contributed by atoms with Gasteiger partial charge in [0.25, 0.3) is 11.8 Å². The predicted molar refractivity (Wildman–Crippen MR) is 138 cm³/mol. The number of fused-ring (bicyclic) bond motifs is 1. The van der Waals surface area contributed by atoms with Gasteiger partial charge in [-0.3, -0.25) is 9.59 Å². The standard InChI is InChI=1S/C26H26ClN3O5S/c1-26(2,3)35-25(34)28-13-15-6-4-7-16(12-15)14-30-23(32)17-8-5-9-18(21(17)24(30)33)29-22(31)19-10-11-20(27)36-19/h4-12,24,33H,13-14H2,1-3H3,(H,28,34)(H,29,31). The Morgan fingerprint density at radius 2 is 1.83 bits per heavy atom. The highest BCUT2D eigenvalue weighted by molar-refractivity contribution is 7.18. The van der Waals surface area contributed by atoms with Gasteiger partial charge in [0.15, 0.2) is 6.23 Å². The zero-order valence-corrected chi connectivity index (χ0v) is 21.6. The lowest BCUT2D eigenvalue weighted by atomic mass is 10.1. The lowest BCUT2D eigenvalue weighted by molar-refractivity contribution is 0.0140. The van der Waals surface area contributed by atoms with Crippen molar-refractivity contribution in [3.05, 3.63) is 86.1 Å². The Morgan fingerprint density at radius 1 is 1.11 bits per heavy atom. The second-order valence-corrected chi connectivity index (χ2v) is 11.0. The average Bonchev–Trinajstić information content (AvgIpc) is 3.35. The average molecular weight is 528 g/mol. The number of alkyl carbamates (subject to hydrolysis) is 1. The number of nitrogens with zero attached hydrogens (tertiary/aromatic N) is 1. The van der Waals surface area contributed by atoms with Crippen molar-refractivity contribution >= 4 is 46.5 Å². The molecule has 0 saturated carbocycles. The van der Waals surface area contributed by atoms with E-state index < -0.39 is 17.9 Å². The largest absolute Gasteiger partial charge is 0.444 e. The summed E-state index contributed by atoms with van der Waals surface area (Å²) in [5, 5.41) is 16.5. The summed E-state index contributed by atoms with van der Waals surface area (Å²) < 4.78 is 5.75. The molecule has 3 aromatic rings. The number of hydrogen-bond donors (Lipinski definition) is 3. The normalized spacial score (nSPS) is 15.0. The number of carbonyl (C=O) groups is 3. The summed E-state index contributed by atoms with van der Waals surface area (Å²) in [5.41, 5.74) is 2.04. The van der Waals surface area contributed by atoms with E-state index in [-0.39, 0.29) is 24.9 Å². The van der Waals surface area contributed by atoms with Gasteiger partial charge in [0.1, 0.15) is 5.60 Å². The number of benzene rings is 2. The molecule has 0 spiro atoms. The van der Waals surface area contributed by atoms with Crippen molar-refractivity contribution in [3.8, 4) is 0 Å². The molecule has 0 saturated heterocycles. The van der Waals surface area contributed by atoms with Crippen molar-refractivity contribution in [1.29, 1.82) is 0 Å². The first kappa shape index (κ1) is 25.7. The fourth-order valence-electron chi connectivity index (χ4n) is 3.86. The summed E-state index contributed by atoms with van der Waals surface area (Å²) >= 11 is 7.07. The van der Waals surface area contributed by atoms with E-state index in [2.05, 4.69) is 10.6 Å². The van der Waals surface area contributed by atoms with Crippen molar-refractivity contribution in [2.24, 2.45) is 0 Å². The molecule has 0 bridgehead atoms. The minimum atomic E-state index is -1.24. The van der Waals surface area contributed by atoms with Crippen LogP contribution in [0.15, 0.2) is 54.6 Å².